The number of nitrogens with one attached hydrogen (secondary N) is 1. The number of unbranched alkanes of at least 4 members (excludes halogenated alkanes) is 2. The van der Waals surface area contributed by atoms with Crippen molar-refractivity contribution in [2.24, 2.45) is 13.0 Å². The second kappa shape index (κ2) is 12.4. The summed E-state index contributed by atoms with van der Waals surface area (Å²) in [6.45, 7) is 11.0. The lowest BCUT2D eigenvalue weighted by Gasteiger charge is -2.29. The standard InChI is InChI=1S/C21H38N4O2/c1-6-8-12-22-21(27)25(15-18(3)4)17-20(26)24(14-9-7-2)16-19-11-10-13-23(19)5/h10-11,13,18H,6-9,12,14-17H2,1-5H3,(H,22,27). The summed E-state index contributed by atoms with van der Waals surface area (Å²) in [7, 11) is 1.99. The molecule has 1 heterocycles. The van der Waals surface area contributed by atoms with Crippen LogP contribution < -0.4 is 5.32 Å². The normalized spacial score (nSPS) is 10.9. The van der Waals surface area contributed by atoms with E-state index in [-0.39, 0.29) is 18.5 Å². The highest BCUT2D eigenvalue weighted by atomic mass is 16.2. The Morgan fingerprint density at radius 3 is 2.41 bits per heavy atom. The van der Waals surface area contributed by atoms with E-state index in [0.717, 1.165) is 31.4 Å². The molecule has 0 aliphatic heterocycles. The van der Waals surface area contributed by atoms with Crippen LogP contribution in [0.5, 0.6) is 0 Å². The predicted octanol–water partition coefficient (Wildman–Crippen LogP) is 3.62. The summed E-state index contributed by atoms with van der Waals surface area (Å²) < 4.78 is 2.04. The van der Waals surface area contributed by atoms with Crippen molar-refractivity contribution in [1.29, 1.82) is 0 Å². The number of amides is 3. The fourth-order valence-electron chi connectivity index (χ4n) is 2.90. The van der Waals surface area contributed by atoms with Gasteiger partial charge in [0.05, 0.1) is 6.54 Å². The summed E-state index contributed by atoms with van der Waals surface area (Å²) in [5.41, 5.74) is 1.10. The van der Waals surface area contributed by atoms with Crippen LogP contribution in [-0.2, 0) is 18.4 Å². The first-order chi connectivity index (χ1) is 12.9. The van der Waals surface area contributed by atoms with Crippen LogP contribution >= 0.6 is 0 Å². The first kappa shape index (κ1) is 23.1. The third-order valence-electron chi connectivity index (χ3n) is 4.54. The molecule has 0 saturated heterocycles. The fraction of sp³-hybridized carbons (Fsp3) is 0.714. The summed E-state index contributed by atoms with van der Waals surface area (Å²) in [5.74, 6) is 0.322. The van der Waals surface area contributed by atoms with Gasteiger partial charge in [0.15, 0.2) is 0 Å². The van der Waals surface area contributed by atoms with Gasteiger partial charge in [-0.3, -0.25) is 4.79 Å². The molecule has 0 radical (unpaired) electrons. The number of nitrogens with zero attached hydrogens (tertiary/aromatic N) is 3. The highest BCUT2D eigenvalue weighted by molar-refractivity contribution is 5.84. The minimum Gasteiger partial charge on any atom is -0.353 e. The largest absolute Gasteiger partial charge is 0.353 e. The monoisotopic (exact) mass is 378 g/mol. The van der Waals surface area contributed by atoms with E-state index in [4.69, 9.17) is 0 Å². The molecule has 1 rings (SSSR count). The summed E-state index contributed by atoms with van der Waals surface area (Å²) in [5, 5.41) is 2.94. The van der Waals surface area contributed by atoms with Crippen LogP contribution in [0, 0.1) is 5.92 Å². The minimum atomic E-state index is -0.139. The second-order valence-electron chi connectivity index (χ2n) is 7.64. The van der Waals surface area contributed by atoms with Gasteiger partial charge >= 0.3 is 6.03 Å². The van der Waals surface area contributed by atoms with Crippen molar-refractivity contribution < 1.29 is 9.59 Å². The molecule has 0 fully saturated rings. The first-order valence-electron chi connectivity index (χ1n) is 10.3. The molecule has 1 N–H and O–H groups in total. The Morgan fingerprint density at radius 1 is 1.15 bits per heavy atom. The topological polar surface area (TPSA) is 57.6 Å². The van der Waals surface area contributed by atoms with E-state index in [2.05, 4.69) is 33.0 Å². The van der Waals surface area contributed by atoms with Gasteiger partial charge in [-0.15, -0.1) is 0 Å². The van der Waals surface area contributed by atoms with E-state index in [1.807, 2.05) is 34.8 Å². The van der Waals surface area contributed by atoms with Crippen molar-refractivity contribution in [3.05, 3.63) is 24.0 Å². The molecule has 1 aromatic heterocycles. The summed E-state index contributed by atoms with van der Waals surface area (Å²) in [6.07, 6.45) is 5.97. The average molecular weight is 379 g/mol. The van der Waals surface area contributed by atoms with Crippen LogP contribution in [0.3, 0.4) is 0 Å². The van der Waals surface area contributed by atoms with Crippen LogP contribution in [0.15, 0.2) is 18.3 Å². The Hall–Kier alpha value is -1.98. The Labute approximate surface area is 164 Å². The lowest BCUT2D eigenvalue weighted by Crippen LogP contribution is -2.48. The molecule has 0 aliphatic carbocycles. The molecule has 6 nitrogen and oxygen atoms in total. The van der Waals surface area contributed by atoms with Crippen LogP contribution in [0.25, 0.3) is 0 Å². The van der Waals surface area contributed by atoms with E-state index in [9.17, 15) is 9.59 Å². The minimum absolute atomic E-state index is 0.0101. The Kier molecular flexibility index (Phi) is 10.6. The quantitative estimate of drug-likeness (QED) is 0.565. The van der Waals surface area contributed by atoms with Crippen molar-refractivity contribution in [2.75, 3.05) is 26.2 Å². The van der Waals surface area contributed by atoms with Crippen LogP contribution in [0.1, 0.15) is 59.1 Å². The maximum Gasteiger partial charge on any atom is 0.317 e. The molecule has 0 atom stereocenters. The first-order valence-corrected chi connectivity index (χ1v) is 10.3. The van der Waals surface area contributed by atoms with Gasteiger partial charge < -0.3 is 19.7 Å². The van der Waals surface area contributed by atoms with Gasteiger partial charge in [0, 0.05) is 38.6 Å². The third-order valence-corrected chi connectivity index (χ3v) is 4.54. The van der Waals surface area contributed by atoms with Gasteiger partial charge in [0.25, 0.3) is 0 Å². The molecule has 0 unspecified atom stereocenters. The number of aromatic nitrogens is 1. The number of hydrogen-bond acceptors (Lipinski definition) is 2. The van der Waals surface area contributed by atoms with Crippen molar-refractivity contribution in [2.45, 2.75) is 59.9 Å². The van der Waals surface area contributed by atoms with Gasteiger partial charge in [-0.2, -0.15) is 0 Å². The van der Waals surface area contributed by atoms with Crippen molar-refractivity contribution >= 4 is 11.9 Å². The molecule has 3 amide bonds. The van der Waals surface area contributed by atoms with Gasteiger partial charge in [-0.1, -0.05) is 40.5 Å². The molecule has 6 heteroatoms. The summed E-state index contributed by atoms with van der Waals surface area (Å²) >= 11 is 0. The van der Waals surface area contributed by atoms with Gasteiger partial charge in [-0.25, -0.2) is 4.79 Å². The zero-order valence-electron chi connectivity index (χ0n) is 17.8. The lowest BCUT2D eigenvalue weighted by molar-refractivity contribution is -0.132. The SMILES string of the molecule is CCCCNC(=O)N(CC(=O)N(CCCC)Cc1cccn1C)CC(C)C. The average Bonchev–Trinajstić information content (AvgIpc) is 3.02. The molecule has 0 spiro atoms. The molecule has 1 aromatic rings. The lowest BCUT2D eigenvalue weighted by atomic mass is 10.2. The molecule has 0 aromatic carbocycles. The van der Waals surface area contributed by atoms with E-state index >= 15 is 0 Å². The molecular weight excluding hydrogens is 340 g/mol. The maximum atomic E-state index is 13.0. The van der Waals surface area contributed by atoms with Crippen molar-refractivity contribution in [3.63, 3.8) is 0 Å². The summed E-state index contributed by atoms with van der Waals surface area (Å²) in [4.78, 5) is 29.1. The van der Waals surface area contributed by atoms with E-state index in [1.165, 1.54) is 0 Å². The van der Waals surface area contributed by atoms with Crippen molar-refractivity contribution in [1.82, 2.24) is 19.7 Å². The van der Waals surface area contributed by atoms with Crippen LogP contribution in [-0.4, -0.2) is 52.5 Å². The number of urea groups is 1. The molecule has 0 bridgehead atoms. The smallest absolute Gasteiger partial charge is 0.317 e. The molecule has 0 saturated carbocycles. The number of carbonyl (C=O) groups is 2. The van der Waals surface area contributed by atoms with Crippen LogP contribution in [0.4, 0.5) is 4.79 Å². The Balaban J connectivity index is 2.79. The van der Waals surface area contributed by atoms with E-state index in [0.29, 0.717) is 32.1 Å². The number of rotatable bonds is 12. The molecular formula is C21H38N4O2. The zero-order chi connectivity index (χ0) is 20.2. The molecule has 27 heavy (non-hydrogen) atoms. The molecule has 154 valence electrons. The number of carbonyl (C=O) groups excluding carboxylic acids is 2. The summed E-state index contributed by atoms with van der Waals surface area (Å²) in [6, 6.07) is 3.89. The highest BCUT2D eigenvalue weighted by Crippen LogP contribution is 2.09. The Morgan fingerprint density at radius 2 is 1.85 bits per heavy atom. The zero-order valence-corrected chi connectivity index (χ0v) is 17.8. The Bertz CT molecular complexity index is 568. The van der Waals surface area contributed by atoms with Gasteiger partial charge in [-0.05, 0) is 30.9 Å². The highest BCUT2D eigenvalue weighted by Gasteiger charge is 2.22. The van der Waals surface area contributed by atoms with E-state index < -0.39 is 0 Å². The van der Waals surface area contributed by atoms with E-state index in [1.54, 1.807) is 4.90 Å². The predicted molar refractivity (Wildman–Crippen MR) is 110 cm³/mol. The fourth-order valence-corrected chi connectivity index (χ4v) is 2.90. The van der Waals surface area contributed by atoms with Crippen molar-refractivity contribution in [3.8, 4) is 0 Å². The number of hydrogen-bond donors (Lipinski definition) is 1. The maximum absolute atomic E-state index is 13.0. The van der Waals surface area contributed by atoms with Gasteiger partial charge in [0.1, 0.15) is 6.54 Å². The second-order valence-corrected chi connectivity index (χ2v) is 7.64. The van der Waals surface area contributed by atoms with Gasteiger partial charge in [0.2, 0.25) is 5.91 Å². The third kappa shape index (κ3) is 8.50. The molecule has 0 aliphatic rings. The van der Waals surface area contributed by atoms with Crippen LogP contribution in [0.2, 0.25) is 0 Å². The number of aryl methyl sites for hydroxylation is 1.